The maximum absolute atomic E-state index is 13.4. The van der Waals surface area contributed by atoms with Gasteiger partial charge in [-0.15, -0.1) is 0 Å². The van der Waals surface area contributed by atoms with Crippen molar-refractivity contribution in [2.45, 2.75) is 33.6 Å². The van der Waals surface area contributed by atoms with Crippen LogP contribution in [0.4, 0.5) is 4.39 Å². The smallest absolute Gasteiger partial charge is 0.137 e. The number of benzene rings is 1. The van der Waals surface area contributed by atoms with E-state index in [2.05, 4.69) is 42.0 Å². The standard InChI is InChI=1S/C15H23BrFN/c1-11(2)10-18-8-7-12(3)9-13-5-4-6-14(17)15(13)16/h4-6,11-12,18H,7-10H2,1-3H3. The highest BCUT2D eigenvalue weighted by molar-refractivity contribution is 9.10. The molecule has 0 aliphatic rings. The lowest BCUT2D eigenvalue weighted by Gasteiger charge is -2.14. The molecule has 1 unspecified atom stereocenters. The second-order valence-corrected chi connectivity index (χ2v) is 6.20. The van der Waals surface area contributed by atoms with Gasteiger partial charge in [-0.05, 0) is 65.3 Å². The fraction of sp³-hybridized carbons (Fsp3) is 0.600. The number of rotatable bonds is 7. The Morgan fingerprint density at radius 1 is 1.28 bits per heavy atom. The maximum atomic E-state index is 13.4. The van der Waals surface area contributed by atoms with E-state index in [1.807, 2.05) is 6.07 Å². The Morgan fingerprint density at radius 2 is 2.00 bits per heavy atom. The van der Waals surface area contributed by atoms with E-state index in [-0.39, 0.29) is 5.82 Å². The van der Waals surface area contributed by atoms with E-state index in [1.54, 1.807) is 6.07 Å². The van der Waals surface area contributed by atoms with Crippen molar-refractivity contribution in [3.63, 3.8) is 0 Å². The van der Waals surface area contributed by atoms with Crippen molar-refractivity contribution >= 4 is 15.9 Å². The Hall–Kier alpha value is -0.410. The van der Waals surface area contributed by atoms with Crippen LogP contribution in [-0.2, 0) is 6.42 Å². The largest absolute Gasteiger partial charge is 0.316 e. The molecular weight excluding hydrogens is 293 g/mol. The van der Waals surface area contributed by atoms with Gasteiger partial charge in [0.2, 0.25) is 0 Å². The summed E-state index contributed by atoms with van der Waals surface area (Å²) in [5.74, 6) is 1.08. The third kappa shape index (κ3) is 5.49. The van der Waals surface area contributed by atoms with Gasteiger partial charge in [-0.2, -0.15) is 0 Å². The molecule has 1 atom stereocenters. The van der Waals surface area contributed by atoms with Gasteiger partial charge in [0.15, 0.2) is 0 Å². The fourth-order valence-electron chi connectivity index (χ4n) is 1.92. The second-order valence-electron chi connectivity index (χ2n) is 5.41. The van der Waals surface area contributed by atoms with Crippen molar-refractivity contribution in [2.75, 3.05) is 13.1 Å². The van der Waals surface area contributed by atoms with Crippen LogP contribution in [0.15, 0.2) is 22.7 Å². The van der Waals surface area contributed by atoms with Crippen LogP contribution in [0, 0.1) is 17.7 Å². The summed E-state index contributed by atoms with van der Waals surface area (Å²) in [6, 6.07) is 5.26. The second kappa shape index (κ2) is 7.90. The average molecular weight is 316 g/mol. The van der Waals surface area contributed by atoms with E-state index in [4.69, 9.17) is 0 Å². The average Bonchev–Trinajstić information content (AvgIpc) is 2.30. The minimum absolute atomic E-state index is 0.169. The van der Waals surface area contributed by atoms with Crippen molar-refractivity contribution < 1.29 is 4.39 Å². The highest BCUT2D eigenvalue weighted by Crippen LogP contribution is 2.23. The van der Waals surface area contributed by atoms with Crippen LogP contribution < -0.4 is 5.32 Å². The van der Waals surface area contributed by atoms with Crippen molar-refractivity contribution in [2.24, 2.45) is 11.8 Å². The molecule has 18 heavy (non-hydrogen) atoms. The predicted molar refractivity (Wildman–Crippen MR) is 79.3 cm³/mol. The molecule has 0 spiro atoms. The van der Waals surface area contributed by atoms with Gasteiger partial charge in [-0.3, -0.25) is 0 Å². The first kappa shape index (κ1) is 15.6. The Morgan fingerprint density at radius 3 is 2.67 bits per heavy atom. The summed E-state index contributed by atoms with van der Waals surface area (Å²) < 4.78 is 14.0. The van der Waals surface area contributed by atoms with Crippen molar-refractivity contribution in [3.8, 4) is 0 Å². The number of hydrogen-bond acceptors (Lipinski definition) is 1. The topological polar surface area (TPSA) is 12.0 Å². The van der Waals surface area contributed by atoms with E-state index in [1.165, 1.54) is 6.07 Å². The van der Waals surface area contributed by atoms with Crippen LogP contribution in [0.1, 0.15) is 32.8 Å². The van der Waals surface area contributed by atoms with Gasteiger partial charge in [-0.1, -0.05) is 32.9 Å². The maximum Gasteiger partial charge on any atom is 0.137 e. The Kier molecular flexibility index (Phi) is 6.87. The molecule has 0 aliphatic heterocycles. The number of hydrogen-bond donors (Lipinski definition) is 1. The van der Waals surface area contributed by atoms with Crippen LogP contribution in [0.5, 0.6) is 0 Å². The monoisotopic (exact) mass is 315 g/mol. The van der Waals surface area contributed by atoms with Gasteiger partial charge < -0.3 is 5.32 Å². The quantitative estimate of drug-likeness (QED) is 0.735. The Balaban J connectivity index is 2.35. The first-order chi connectivity index (χ1) is 8.50. The summed E-state index contributed by atoms with van der Waals surface area (Å²) in [4.78, 5) is 0. The summed E-state index contributed by atoms with van der Waals surface area (Å²) in [6.07, 6.45) is 2.04. The number of halogens is 2. The minimum atomic E-state index is -0.169. The lowest BCUT2D eigenvalue weighted by atomic mass is 9.98. The normalized spacial score (nSPS) is 13.0. The van der Waals surface area contributed by atoms with Gasteiger partial charge in [0.05, 0.1) is 4.47 Å². The highest BCUT2D eigenvalue weighted by Gasteiger charge is 2.09. The minimum Gasteiger partial charge on any atom is -0.316 e. The zero-order valence-corrected chi connectivity index (χ0v) is 13.1. The molecule has 0 aromatic heterocycles. The van der Waals surface area contributed by atoms with Crippen LogP contribution >= 0.6 is 15.9 Å². The molecule has 0 fully saturated rings. The van der Waals surface area contributed by atoms with Crippen LogP contribution in [0.2, 0.25) is 0 Å². The third-order valence-corrected chi connectivity index (χ3v) is 3.85. The van der Waals surface area contributed by atoms with Gasteiger partial charge in [0.1, 0.15) is 5.82 Å². The zero-order chi connectivity index (χ0) is 13.5. The van der Waals surface area contributed by atoms with E-state index < -0.39 is 0 Å². The molecule has 0 amide bonds. The Bertz CT molecular complexity index is 366. The first-order valence-corrected chi connectivity index (χ1v) is 7.43. The van der Waals surface area contributed by atoms with E-state index in [0.29, 0.717) is 16.3 Å². The first-order valence-electron chi connectivity index (χ1n) is 6.64. The van der Waals surface area contributed by atoms with Crippen molar-refractivity contribution in [1.82, 2.24) is 5.32 Å². The molecule has 0 bridgehead atoms. The Labute approximate surface area is 118 Å². The molecule has 0 aliphatic carbocycles. The highest BCUT2D eigenvalue weighted by atomic mass is 79.9. The van der Waals surface area contributed by atoms with E-state index >= 15 is 0 Å². The summed E-state index contributed by atoms with van der Waals surface area (Å²) in [5, 5.41) is 3.44. The number of nitrogens with one attached hydrogen (secondary N) is 1. The fourth-order valence-corrected chi connectivity index (χ4v) is 2.35. The molecule has 0 radical (unpaired) electrons. The summed E-state index contributed by atoms with van der Waals surface area (Å²) in [5.41, 5.74) is 1.06. The van der Waals surface area contributed by atoms with Crippen LogP contribution in [0.25, 0.3) is 0 Å². The van der Waals surface area contributed by atoms with E-state index in [9.17, 15) is 4.39 Å². The van der Waals surface area contributed by atoms with Gasteiger partial charge >= 0.3 is 0 Å². The molecule has 1 aromatic carbocycles. The molecule has 102 valence electrons. The van der Waals surface area contributed by atoms with Crippen molar-refractivity contribution in [3.05, 3.63) is 34.1 Å². The zero-order valence-electron chi connectivity index (χ0n) is 11.5. The lowest BCUT2D eigenvalue weighted by Crippen LogP contribution is -2.22. The SMILES string of the molecule is CC(C)CNCCC(C)Cc1cccc(F)c1Br. The molecule has 0 saturated heterocycles. The lowest BCUT2D eigenvalue weighted by molar-refractivity contribution is 0.473. The third-order valence-electron chi connectivity index (χ3n) is 2.97. The molecule has 3 heteroatoms. The molecule has 1 N–H and O–H groups in total. The molecule has 1 rings (SSSR count). The van der Waals surface area contributed by atoms with E-state index in [0.717, 1.165) is 31.5 Å². The van der Waals surface area contributed by atoms with Gasteiger partial charge in [0, 0.05) is 0 Å². The van der Waals surface area contributed by atoms with Crippen LogP contribution in [0.3, 0.4) is 0 Å². The van der Waals surface area contributed by atoms with Gasteiger partial charge in [-0.25, -0.2) is 4.39 Å². The molecule has 1 nitrogen and oxygen atoms in total. The molecule has 1 aromatic rings. The summed E-state index contributed by atoms with van der Waals surface area (Å²) in [6.45, 7) is 8.73. The molecule has 0 saturated carbocycles. The van der Waals surface area contributed by atoms with Crippen molar-refractivity contribution in [1.29, 1.82) is 0 Å². The van der Waals surface area contributed by atoms with Crippen LogP contribution in [-0.4, -0.2) is 13.1 Å². The summed E-state index contributed by atoms with van der Waals surface area (Å²) in [7, 11) is 0. The van der Waals surface area contributed by atoms with Gasteiger partial charge in [0.25, 0.3) is 0 Å². The summed E-state index contributed by atoms with van der Waals surface area (Å²) >= 11 is 3.32. The molecular formula is C15H23BrFN. The predicted octanol–water partition coefficient (Wildman–Crippen LogP) is 4.40. The molecule has 0 heterocycles.